The highest BCUT2D eigenvalue weighted by atomic mass is 35.5. The minimum absolute atomic E-state index is 0.0586. The van der Waals surface area contributed by atoms with Crippen LogP contribution in [0.1, 0.15) is 18.4 Å². The number of hydrogen-bond acceptors (Lipinski definition) is 4. The first kappa shape index (κ1) is 25.0. The van der Waals surface area contributed by atoms with Crippen LogP contribution in [-0.4, -0.2) is 53.1 Å². The number of nitrogens with zero attached hydrogens (tertiary/aromatic N) is 1. The van der Waals surface area contributed by atoms with Gasteiger partial charge in [0, 0.05) is 41.5 Å². The van der Waals surface area contributed by atoms with E-state index in [4.69, 9.17) is 23.2 Å². The van der Waals surface area contributed by atoms with Crippen LogP contribution in [0.2, 0.25) is 10.0 Å². The van der Waals surface area contributed by atoms with E-state index in [0.717, 1.165) is 17.7 Å². The van der Waals surface area contributed by atoms with Crippen LogP contribution in [0, 0.1) is 11.6 Å². The van der Waals surface area contributed by atoms with E-state index in [1.807, 2.05) is 6.07 Å². The molecule has 1 unspecified atom stereocenters. The van der Waals surface area contributed by atoms with E-state index in [9.17, 15) is 18.4 Å². The molecule has 0 bridgehead atoms. The molecule has 0 aromatic heterocycles. The Morgan fingerprint density at radius 1 is 1.15 bits per heavy atom. The summed E-state index contributed by atoms with van der Waals surface area (Å²) in [6.07, 6.45) is 1.91. The molecule has 182 valence electrons. The molecule has 1 spiro atoms. The maximum atomic E-state index is 13.8. The van der Waals surface area contributed by atoms with E-state index in [-0.39, 0.29) is 22.5 Å². The zero-order valence-corrected chi connectivity index (χ0v) is 20.5. The maximum Gasteiger partial charge on any atom is 0.321 e. The normalized spacial score (nSPS) is 19.3. The van der Waals surface area contributed by atoms with Crippen LogP contribution in [0.25, 0.3) is 0 Å². The second-order valence-electron chi connectivity index (χ2n) is 8.32. The van der Waals surface area contributed by atoms with Crippen LogP contribution in [0.4, 0.5) is 19.3 Å². The third kappa shape index (κ3) is 5.94. The summed E-state index contributed by atoms with van der Waals surface area (Å²) < 4.78 is 26.9. The molecular formula is C23H24Cl2F2N4O2S. The van der Waals surface area contributed by atoms with Gasteiger partial charge in [-0.2, -0.15) is 0 Å². The zero-order chi connectivity index (χ0) is 24.3. The van der Waals surface area contributed by atoms with Crippen LogP contribution < -0.4 is 16.0 Å². The second kappa shape index (κ2) is 10.7. The van der Waals surface area contributed by atoms with Gasteiger partial charge in [-0.3, -0.25) is 10.1 Å². The molecule has 1 atom stereocenters. The average Bonchev–Trinajstić information content (AvgIpc) is 3.21. The molecule has 2 aromatic rings. The third-order valence-corrected chi connectivity index (χ3v) is 8.19. The van der Waals surface area contributed by atoms with E-state index in [2.05, 4.69) is 16.0 Å². The van der Waals surface area contributed by atoms with Gasteiger partial charge in [-0.25, -0.2) is 13.6 Å². The lowest BCUT2D eigenvalue weighted by Crippen LogP contribution is -2.55. The minimum Gasteiger partial charge on any atom is -0.354 e. The van der Waals surface area contributed by atoms with Crippen LogP contribution >= 0.6 is 35.0 Å². The lowest BCUT2D eigenvalue weighted by Gasteiger charge is -2.39. The summed E-state index contributed by atoms with van der Waals surface area (Å²) in [5.74, 6) is -0.948. The van der Waals surface area contributed by atoms with Gasteiger partial charge < -0.3 is 15.5 Å². The number of rotatable bonds is 5. The van der Waals surface area contributed by atoms with E-state index in [1.54, 1.807) is 28.8 Å². The maximum absolute atomic E-state index is 13.8. The summed E-state index contributed by atoms with van der Waals surface area (Å²) in [6, 6.07) is 7.58. The Morgan fingerprint density at radius 2 is 1.91 bits per heavy atom. The Balaban J connectivity index is 1.23. The number of carbonyl (C=O) groups excluding carboxylic acids is 2. The van der Waals surface area contributed by atoms with Crippen molar-refractivity contribution < 1.29 is 18.4 Å². The number of nitrogens with one attached hydrogen (secondary N) is 3. The number of thioether (sulfide) groups is 1. The van der Waals surface area contributed by atoms with Gasteiger partial charge in [0.15, 0.2) is 0 Å². The lowest BCUT2D eigenvalue weighted by molar-refractivity contribution is -0.122. The highest BCUT2D eigenvalue weighted by Gasteiger charge is 2.44. The largest absolute Gasteiger partial charge is 0.354 e. The Morgan fingerprint density at radius 3 is 2.62 bits per heavy atom. The molecular weight excluding hydrogens is 505 g/mol. The van der Waals surface area contributed by atoms with Crippen molar-refractivity contribution in [3.05, 3.63) is 63.6 Å². The molecule has 3 amide bonds. The van der Waals surface area contributed by atoms with E-state index in [1.165, 1.54) is 6.07 Å². The van der Waals surface area contributed by atoms with Crippen molar-refractivity contribution in [2.45, 2.75) is 30.2 Å². The van der Waals surface area contributed by atoms with E-state index >= 15 is 0 Å². The van der Waals surface area contributed by atoms with Crippen molar-refractivity contribution in [3.8, 4) is 0 Å². The summed E-state index contributed by atoms with van der Waals surface area (Å²) in [4.78, 5) is 26.5. The molecule has 3 N–H and O–H groups in total. The summed E-state index contributed by atoms with van der Waals surface area (Å²) in [5.41, 5.74) is 0.861. The SMILES string of the molecule is O=C(NCCc1ccc(Cl)cc1Cl)C1CSC2(CCN(C(=O)Nc3ccc(F)cc3F)CC2)N1. The molecule has 4 rings (SSSR count). The van der Waals surface area contributed by atoms with Gasteiger partial charge in [0.05, 0.1) is 16.6 Å². The number of hydrogen-bond donors (Lipinski definition) is 3. The molecule has 2 heterocycles. The fourth-order valence-corrected chi connectivity index (χ4v) is 6.02. The lowest BCUT2D eigenvalue weighted by atomic mass is 10.0. The topological polar surface area (TPSA) is 73.5 Å². The number of carbonyl (C=O) groups is 2. The standard InChI is InChI=1S/C23H24Cl2F2N4O2S/c24-15-2-1-14(17(25)11-15)5-8-28-21(32)20-13-34-23(30-20)6-9-31(10-7-23)22(33)29-19-4-3-16(26)12-18(19)27/h1-4,11-12,20,30H,5-10,13H2,(H,28,32)(H,29,33). The van der Waals surface area contributed by atoms with Crippen molar-refractivity contribution in [1.29, 1.82) is 0 Å². The molecule has 0 saturated carbocycles. The van der Waals surface area contributed by atoms with Crippen molar-refractivity contribution in [2.75, 3.05) is 30.7 Å². The number of anilines is 1. The van der Waals surface area contributed by atoms with Crippen LogP contribution in [-0.2, 0) is 11.2 Å². The number of benzene rings is 2. The molecule has 2 saturated heterocycles. The molecule has 0 radical (unpaired) electrons. The first-order chi connectivity index (χ1) is 16.2. The smallest absolute Gasteiger partial charge is 0.321 e. The molecule has 6 nitrogen and oxygen atoms in total. The minimum atomic E-state index is -0.818. The molecule has 2 aromatic carbocycles. The number of halogens is 4. The summed E-state index contributed by atoms with van der Waals surface area (Å²) in [7, 11) is 0. The third-order valence-electron chi connectivity index (χ3n) is 6.02. The van der Waals surface area contributed by atoms with Gasteiger partial charge in [-0.05, 0) is 49.1 Å². The van der Waals surface area contributed by atoms with Crippen LogP contribution in [0.3, 0.4) is 0 Å². The van der Waals surface area contributed by atoms with Crippen molar-refractivity contribution in [2.24, 2.45) is 0 Å². The summed E-state index contributed by atoms with van der Waals surface area (Å²) in [5, 5.41) is 10.0. The second-order valence-corrected chi connectivity index (χ2v) is 10.6. The van der Waals surface area contributed by atoms with E-state index in [0.29, 0.717) is 54.7 Å². The number of piperidine rings is 1. The molecule has 2 aliphatic heterocycles. The van der Waals surface area contributed by atoms with Crippen LogP contribution in [0.5, 0.6) is 0 Å². The molecule has 34 heavy (non-hydrogen) atoms. The average molecular weight is 529 g/mol. The fraction of sp³-hybridized carbons (Fsp3) is 0.391. The predicted molar refractivity (Wildman–Crippen MR) is 131 cm³/mol. The molecule has 2 fully saturated rings. The van der Waals surface area contributed by atoms with Crippen LogP contribution in [0.15, 0.2) is 36.4 Å². The Hall–Kier alpha value is -2.07. The van der Waals surface area contributed by atoms with Crippen molar-refractivity contribution in [3.63, 3.8) is 0 Å². The summed E-state index contributed by atoms with van der Waals surface area (Å²) >= 11 is 13.8. The quantitative estimate of drug-likeness (QED) is 0.527. The number of amides is 3. The predicted octanol–water partition coefficient (Wildman–Crippen LogP) is 4.66. The Labute approximate surface area is 210 Å². The Bertz CT molecular complexity index is 1080. The van der Waals surface area contributed by atoms with Gasteiger partial charge in [0.25, 0.3) is 0 Å². The highest BCUT2D eigenvalue weighted by molar-refractivity contribution is 8.01. The van der Waals surface area contributed by atoms with Gasteiger partial charge in [-0.1, -0.05) is 29.3 Å². The van der Waals surface area contributed by atoms with Gasteiger partial charge in [-0.15, -0.1) is 11.8 Å². The monoisotopic (exact) mass is 528 g/mol. The first-order valence-electron chi connectivity index (χ1n) is 10.9. The van der Waals surface area contributed by atoms with Crippen molar-refractivity contribution in [1.82, 2.24) is 15.5 Å². The summed E-state index contributed by atoms with van der Waals surface area (Å²) in [6.45, 7) is 1.38. The molecule has 2 aliphatic rings. The van der Waals surface area contributed by atoms with Gasteiger partial charge in [0.1, 0.15) is 11.6 Å². The number of likely N-dealkylation sites (tertiary alicyclic amines) is 1. The van der Waals surface area contributed by atoms with E-state index < -0.39 is 17.7 Å². The van der Waals surface area contributed by atoms with Gasteiger partial charge >= 0.3 is 6.03 Å². The molecule has 0 aliphatic carbocycles. The van der Waals surface area contributed by atoms with Gasteiger partial charge in [0.2, 0.25) is 5.91 Å². The zero-order valence-electron chi connectivity index (χ0n) is 18.2. The first-order valence-corrected chi connectivity index (χ1v) is 12.6. The highest BCUT2D eigenvalue weighted by Crippen LogP contribution is 2.39. The number of urea groups is 1. The fourth-order valence-electron chi connectivity index (χ4n) is 4.10. The van der Waals surface area contributed by atoms with Crippen molar-refractivity contribution >= 4 is 52.6 Å². The molecule has 11 heteroatoms. The Kier molecular flexibility index (Phi) is 7.87.